The van der Waals surface area contributed by atoms with Crippen LogP contribution in [0.15, 0.2) is 0 Å². The van der Waals surface area contributed by atoms with Crippen molar-refractivity contribution in [3.05, 3.63) is 0 Å². The molecule has 1 aliphatic rings. The fourth-order valence-corrected chi connectivity index (χ4v) is 1.05. The largest absolute Gasteiger partial charge is 0.351 e. The SMILES string of the molecule is NC(=O)NC(=O)N1CCNCC1. The monoisotopic (exact) mass is 172 g/mol. The number of rotatable bonds is 0. The molecule has 0 bridgehead atoms. The number of imide groups is 1. The Morgan fingerprint density at radius 1 is 1.33 bits per heavy atom. The number of nitrogens with two attached hydrogens (primary N) is 1. The number of hydrogen-bond donors (Lipinski definition) is 3. The van der Waals surface area contributed by atoms with E-state index < -0.39 is 12.1 Å². The van der Waals surface area contributed by atoms with Gasteiger partial charge in [-0.25, -0.2) is 9.59 Å². The summed E-state index contributed by atoms with van der Waals surface area (Å²) in [7, 11) is 0. The summed E-state index contributed by atoms with van der Waals surface area (Å²) in [5, 5.41) is 5.10. The smallest absolute Gasteiger partial charge is 0.325 e. The Labute approximate surface area is 70.1 Å². The maximum Gasteiger partial charge on any atom is 0.325 e. The number of urea groups is 2. The van der Waals surface area contributed by atoms with Crippen LogP contribution in [-0.4, -0.2) is 43.1 Å². The van der Waals surface area contributed by atoms with E-state index in [2.05, 4.69) is 5.32 Å². The summed E-state index contributed by atoms with van der Waals surface area (Å²) in [6.45, 7) is 2.73. The van der Waals surface area contributed by atoms with Crippen LogP contribution in [0.4, 0.5) is 9.59 Å². The number of primary amides is 1. The van der Waals surface area contributed by atoms with Crippen LogP contribution < -0.4 is 16.4 Å². The van der Waals surface area contributed by atoms with Crippen molar-refractivity contribution < 1.29 is 9.59 Å². The predicted octanol–water partition coefficient (Wildman–Crippen LogP) is -1.32. The van der Waals surface area contributed by atoms with Crippen molar-refractivity contribution in [1.82, 2.24) is 15.5 Å². The van der Waals surface area contributed by atoms with E-state index in [9.17, 15) is 9.59 Å². The first-order valence-corrected chi connectivity index (χ1v) is 3.76. The second-order valence-electron chi connectivity index (χ2n) is 2.53. The summed E-state index contributed by atoms with van der Waals surface area (Å²) in [4.78, 5) is 22.9. The number of nitrogens with zero attached hydrogens (tertiary/aromatic N) is 1. The Balaban J connectivity index is 2.34. The van der Waals surface area contributed by atoms with Crippen LogP contribution in [0, 0.1) is 0 Å². The van der Waals surface area contributed by atoms with E-state index in [4.69, 9.17) is 5.73 Å². The number of amides is 4. The van der Waals surface area contributed by atoms with E-state index in [1.54, 1.807) is 4.90 Å². The number of carbonyl (C=O) groups excluding carboxylic acids is 2. The van der Waals surface area contributed by atoms with E-state index in [-0.39, 0.29) is 0 Å². The molecule has 0 aromatic heterocycles. The van der Waals surface area contributed by atoms with Gasteiger partial charge in [0.1, 0.15) is 0 Å². The maximum atomic E-state index is 11.1. The predicted molar refractivity (Wildman–Crippen MR) is 42.6 cm³/mol. The topological polar surface area (TPSA) is 87.5 Å². The van der Waals surface area contributed by atoms with Crippen molar-refractivity contribution in [2.75, 3.05) is 26.2 Å². The molecule has 68 valence electrons. The van der Waals surface area contributed by atoms with E-state index in [1.807, 2.05) is 5.32 Å². The van der Waals surface area contributed by atoms with Gasteiger partial charge in [0, 0.05) is 26.2 Å². The summed E-state index contributed by atoms with van der Waals surface area (Å²) >= 11 is 0. The first-order valence-electron chi connectivity index (χ1n) is 3.76. The number of carbonyl (C=O) groups is 2. The Kier molecular flexibility index (Phi) is 2.87. The molecule has 0 aromatic rings. The van der Waals surface area contributed by atoms with Crippen molar-refractivity contribution in [3.8, 4) is 0 Å². The second kappa shape index (κ2) is 3.91. The molecular weight excluding hydrogens is 160 g/mol. The highest BCUT2D eigenvalue weighted by atomic mass is 16.2. The van der Waals surface area contributed by atoms with Crippen LogP contribution in [0.5, 0.6) is 0 Å². The zero-order chi connectivity index (χ0) is 8.97. The highest BCUT2D eigenvalue weighted by Gasteiger charge is 2.16. The molecule has 4 N–H and O–H groups in total. The molecule has 1 saturated heterocycles. The molecule has 0 atom stereocenters. The normalized spacial score (nSPS) is 17.2. The van der Waals surface area contributed by atoms with Gasteiger partial charge in [-0.3, -0.25) is 5.32 Å². The van der Waals surface area contributed by atoms with Gasteiger partial charge < -0.3 is 16.0 Å². The van der Waals surface area contributed by atoms with Gasteiger partial charge in [-0.05, 0) is 0 Å². The molecule has 1 fully saturated rings. The third-order valence-electron chi connectivity index (χ3n) is 1.63. The Morgan fingerprint density at radius 3 is 2.42 bits per heavy atom. The molecule has 1 aliphatic heterocycles. The summed E-state index contributed by atoms with van der Waals surface area (Å²) in [6.07, 6.45) is 0. The molecule has 1 rings (SSSR count). The Bertz CT molecular complexity index is 188. The molecule has 0 unspecified atom stereocenters. The summed E-state index contributed by atoms with van der Waals surface area (Å²) in [5.74, 6) is 0. The fourth-order valence-electron chi connectivity index (χ4n) is 1.05. The average Bonchev–Trinajstić information content (AvgIpc) is 2.05. The summed E-state index contributed by atoms with van der Waals surface area (Å²) in [6, 6.07) is -1.22. The van der Waals surface area contributed by atoms with Crippen LogP contribution in [-0.2, 0) is 0 Å². The first kappa shape index (κ1) is 8.79. The molecule has 0 radical (unpaired) electrons. The fraction of sp³-hybridized carbons (Fsp3) is 0.667. The maximum absolute atomic E-state index is 11.1. The molecule has 0 aliphatic carbocycles. The number of hydrogen-bond acceptors (Lipinski definition) is 3. The van der Waals surface area contributed by atoms with Gasteiger partial charge in [0.2, 0.25) is 0 Å². The van der Waals surface area contributed by atoms with E-state index in [0.29, 0.717) is 13.1 Å². The minimum atomic E-state index is -0.807. The van der Waals surface area contributed by atoms with Crippen molar-refractivity contribution >= 4 is 12.1 Å². The van der Waals surface area contributed by atoms with Crippen molar-refractivity contribution in [1.29, 1.82) is 0 Å². The van der Waals surface area contributed by atoms with Crippen LogP contribution >= 0.6 is 0 Å². The standard InChI is InChI=1S/C6H12N4O2/c7-5(11)9-6(12)10-3-1-8-2-4-10/h8H,1-4H2,(H3,7,9,11,12). The van der Waals surface area contributed by atoms with E-state index >= 15 is 0 Å². The Morgan fingerprint density at radius 2 is 1.92 bits per heavy atom. The van der Waals surface area contributed by atoms with Crippen LogP contribution in [0.3, 0.4) is 0 Å². The molecule has 4 amide bonds. The lowest BCUT2D eigenvalue weighted by Gasteiger charge is -2.26. The highest BCUT2D eigenvalue weighted by molar-refractivity contribution is 5.92. The van der Waals surface area contributed by atoms with Crippen molar-refractivity contribution in [2.24, 2.45) is 5.73 Å². The molecule has 1 heterocycles. The van der Waals surface area contributed by atoms with Crippen LogP contribution in [0.2, 0.25) is 0 Å². The lowest BCUT2D eigenvalue weighted by atomic mass is 10.4. The summed E-state index contributed by atoms with van der Waals surface area (Å²) in [5.41, 5.74) is 4.79. The third-order valence-corrected chi connectivity index (χ3v) is 1.63. The second-order valence-corrected chi connectivity index (χ2v) is 2.53. The van der Waals surface area contributed by atoms with Crippen molar-refractivity contribution in [2.45, 2.75) is 0 Å². The van der Waals surface area contributed by atoms with Gasteiger partial charge >= 0.3 is 12.1 Å². The van der Waals surface area contributed by atoms with Crippen molar-refractivity contribution in [3.63, 3.8) is 0 Å². The molecule has 0 spiro atoms. The zero-order valence-corrected chi connectivity index (χ0v) is 6.67. The molecule has 12 heavy (non-hydrogen) atoms. The first-order chi connectivity index (χ1) is 5.70. The Hall–Kier alpha value is -1.30. The quantitative estimate of drug-likeness (QED) is 0.423. The minimum Gasteiger partial charge on any atom is -0.351 e. The minimum absolute atomic E-state index is 0.413. The molecule has 6 heteroatoms. The van der Waals surface area contributed by atoms with E-state index in [0.717, 1.165) is 13.1 Å². The van der Waals surface area contributed by atoms with Gasteiger partial charge in [-0.2, -0.15) is 0 Å². The van der Waals surface area contributed by atoms with Gasteiger partial charge in [0.25, 0.3) is 0 Å². The van der Waals surface area contributed by atoms with Crippen LogP contribution in [0.1, 0.15) is 0 Å². The van der Waals surface area contributed by atoms with Crippen LogP contribution in [0.25, 0.3) is 0 Å². The molecule has 6 nitrogen and oxygen atoms in total. The van der Waals surface area contributed by atoms with Gasteiger partial charge in [0.05, 0.1) is 0 Å². The molecule has 0 saturated carbocycles. The molecular formula is C6H12N4O2. The van der Waals surface area contributed by atoms with Gasteiger partial charge in [-0.15, -0.1) is 0 Å². The van der Waals surface area contributed by atoms with E-state index in [1.165, 1.54) is 0 Å². The average molecular weight is 172 g/mol. The highest BCUT2D eigenvalue weighted by Crippen LogP contribution is 1.91. The van der Waals surface area contributed by atoms with Gasteiger partial charge in [0.15, 0.2) is 0 Å². The number of piperazine rings is 1. The van der Waals surface area contributed by atoms with Gasteiger partial charge in [-0.1, -0.05) is 0 Å². The lowest BCUT2D eigenvalue weighted by molar-refractivity contribution is 0.189. The lowest BCUT2D eigenvalue weighted by Crippen LogP contribution is -2.52. The third kappa shape index (κ3) is 2.39. The molecule has 0 aromatic carbocycles. The number of nitrogens with one attached hydrogen (secondary N) is 2. The zero-order valence-electron chi connectivity index (χ0n) is 6.67. The summed E-state index contributed by atoms with van der Waals surface area (Å²) < 4.78 is 0.